The number of amides is 1. The molecule has 0 aliphatic rings. The molecule has 0 aliphatic carbocycles. The van der Waals surface area contributed by atoms with Crippen LogP contribution in [0.5, 0.6) is 0 Å². The lowest BCUT2D eigenvalue weighted by Crippen LogP contribution is -2.23. The van der Waals surface area contributed by atoms with Gasteiger partial charge in [-0.2, -0.15) is 0 Å². The van der Waals surface area contributed by atoms with E-state index in [1.165, 1.54) is 6.07 Å². The van der Waals surface area contributed by atoms with Crippen molar-refractivity contribution >= 4 is 46.4 Å². The molecule has 1 aromatic carbocycles. The van der Waals surface area contributed by atoms with E-state index in [2.05, 4.69) is 19.2 Å². The Morgan fingerprint density at radius 1 is 1.20 bits per heavy atom. The Kier molecular flexibility index (Phi) is 7.10. The van der Waals surface area contributed by atoms with Crippen molar-refractivity contribution in [2.45, 2.75) is 26.7 Å². The van der Waals surface area contributed by atoms with Crippen LogP contribution < -0.4 is 11.1 Å². The Morgan fingerprint density at radius 3 is 2.35 bits per heavy atom. The second-order valence-electron chi connectivity index (χ2n) is 5.23. The van der Waals surface area contributed by atoms with Gasteiger partial charge in [0.05, 0.1) is 20.8 Å². The number of halogens is 3. The SMILES string of the molecule is CC(C)C[C@H](CN)CC(=O)Nc1cc(Cl)c(Cl)cc1Cl. The molecule has 6 heteroatoms. The molecule has 0 bridgehead atoms. The highest BCUT2D eigenvalue weighted by molar-refractivity contribution is 6.44. The van der Waals surface area contributed by atoms with Crippen molar-refractivity contribution in [1.29, 1.82) is 0 Å². The summed E-state index contributed by atoms with van der Waals surface area (Å²) in [5.41, 5.74) is 6.16. The molecule has 0 saturated carbocycles. The lowest BCUT2D eigenvalue weighted by molar-refractivity contribution is -0.117. The maximum absolute atomic E-state index is 12.0. The van der Waals surface area contributed by atoms with Crippen molar-refractivity contribution in [2.24, 2.45) is 17.6 Å². The van der Waals surface area contributed by atoms with Crippen LogP contribution in [0.2, 0.25) is 15.1 Å². The van der Waals surface area contributed by atoms with Crippen LogP contribution in [-0.2, 0) is 4.79 Å². The maximum atomic E-state index is 12.0. The van der Waals surface area contributed by atoms with Crippen LogP contribution in [0.1, 0.15) is 26.7 Å². The summed E-state index contributed by atoms with van der Waals surface area (Å²) in [4.78, 5) is 12.0. The Balaban J connectivity index is 2.68. The molecule has 0 unspecified atom stereocenters. The predicted molar refractivity (Wildman–Crippen MR) is 86.7 cm³/mol. The number of hydrogen-bond acceptors (Lipinski definition) is 2. The van der Waals surface area contributed by atoms with E-state index in [0.29, 0.717) is 39.6 Å². The normalized spacial score (nSPS) is 12.6. The van der Waals surface area contributed by atoms with Gasteiger partial charge in [-0.25, -0.2) is 0 Å². The molecule has 112 valence electrons. The minimum Gasteiger partial charge on any atom is -0.330 e. The largest absolute Gasteiger partial charge is 0.330 e. The first kappa shape index (κ1) is 17.6. The number of carbonyl (C=O) groups is 1. The molecular formula is C14H19Cl3N2O. The molecular weight excluding hydrogens is 319 g/mol. The van der Waals surface area contributed by atoms with Crippen molar-refractivity contribution in [3.63, 3.8) is 0 Å². The van der Waals surface area contributed by atoms with Gasteiger partial charge < -0.3 is 11.1 Å². The lowest BCUT2D eigenvalue weighted by atomic mass is 9.94. The summed E-state index contributed by atoms with van der Waals surface area (Å²) >= 11 is 17.8. The van der Waals surface area contributed by atoms with E-state index in [4.69, 9.17) is 40.5 Å². The van der Waals surface area contributed by atoms with Crippen molar-refractivity contribution in [2.75, 3.05) is 11.9 Å². The highest BCUT2D eigenvalue weighted by atomic mass is 35.5. The van der Waals surface area contributed by atoms with Crippen LogP contribution in [0.4, 0.5) is 5.69 Å². The fourth-order valence-corrected chi connectivity index (χ4v) is 2.61. The van der Waals surface area contributed by atoms with E-state index in [1.807, 2.05) is 0 Å². The highest BCUT2D eigenvalue weighted by Crippen LogP contribution is 2.32. The summed E-state index contributed by atoms with van der Waals surface area (Å²) in [6.45, 7) is 4.70. The molecule has 0 fully saturated rings. The van der Waals surface area contributed by atoms with Crippen LogP contribution >= 0.6 is 34.8 Å². The third kappa shape index (κ3) is 5.49. The molecule has 0 aliphatic heterocycles. The molecule has 0 spiro atoms. The fraction of sp³-hybridized carbons (Fsp3) is 0.500. The lowest BCUT2D eigenvalue weighted by Gasteiger charge is -2.17. The van der Waals surface area contributed by atoms with Gasteiger partial charge in [-0.15, -0.1) is 0 Å². The van der Waals surface area contributed by atoms with Crippen molar-refractivity contribution < 1.29 is 4.79 Å². The van der Waals surface area contributed by atoms with E-state index < -0.39 is 0 Å². The van der Waals surface area contributed by atoms with Crippen molar-refractivity contribution in [1.82, 2.24) is 0 Å². The molecule has 0 aromatic heterocycles. The van der Waals surface area contributed by atoms with Gasteiger partial charge in [-0.05, 0) is 36.9 Å². The van der Waals surface area contributed by atoms with Crippen LogP contribution in [-0.4, -0.2) is 12.5 Å². The molecule has 1 atom stereocenters. The number of anilines is 1. The van der Waals surface area contributed by atoms with E-state index in [0.717, 1.165) is 6.42 Å². The Labute approximate surface area is 134 Å². The van der Waals surface area contributed by atoms with Gasteiger partial charge in [0.25, 0.3) is 0 Å². The third-order valence-corrected chi connectivity index (χ3v) is 3.93. The van der Waals surface area contributed by atoms with E-state index in [-0.39, 0.29) is 11.8 Å². The smallest absolute Gasteiger partial charge is 0.224 e. The summed E-state index contributed by atoms with van der Waals surface area (Å²) in [5.74, 6) is 0.544. The summed E-state index contributed by atoms with van der Waals surface area (Å²) in [6.07, 6.45) is 1.28. The Bertz CT molecular complexity index is 478. The first-order valence-electron chi connectivity index (χ1n) is 6.48. The van der Waals surface area contributed by atoms with Gasteiger partial charge in [0.15, 0.2) is 0 Å². The second-order valence-corrected chi connectivity index (χ2v) is 6.45. The van der Waals surface area contributed by atoms with Crippen LogP contribution in [0.15, 0.2) is 12.1 Å². The molecule has 1 rings (SSSR count). The first-order valence-corrected chi connectivity index (χ1v) is 7.61. The zero-order valence-corrected chi connectivity index (χ0v) is 13.8. The molecule has 1 aromatic rings. The van der Waals surface area contributed by atoms with E-state index in [1.54, 1.807) is 6.07 Å². The van der Waals surface area contributed by atoms with Gasteiger partial charge in [-0.1, -0.05) is 48.7 Å². The number of nitrogens with one attached hydrogen (secondary N) is 1. The number of nitrogens with two attached hydrogens (primary N) is 1. The van der Waals surface area contributed by atoms with Crippen LogP contribution in [0.25, 0.3) is 0 Å². The molecule has 20 heavy (non-hydrogen) atoms. The van der Waals surface area contributed by atoms with Gasteiger partial charge in [-0.3, -0.25) is 4.79 Å². The molecule has 3 N–H and O–H groups in total. The highest BCUT2D eigenvalue weighted by Gasteiger charge is 2.15. The maximum Gasteiger partial charge on any atom is 0.224 e. The minimum atomic E-state index is -0.124. The van der Waals surface area contributed by atoms with Crippen molar-refractivity contribution in [3.8, 4) is 0 Å². The van der Waals surface area contributed by atoms with Crippen LogP contribution in [0, 0.1) is 11.8 Å². The zero-order chi connectivity index (χ0) is 15.3. The first-order chi connectivity index (χ1) is 9.33. The monoisotopic (exact) mass is 336 g/mol. The Hall–Kier alpha value is -0.480. The summed E-state index contributed by atoms with van der Waals surface area (Å²) in [5, 5.41) is 3.82. The van der Waals surface area contributed by atoms with Crippen molar-refractivity contribution in [3.05, 3.63) is 27.2 Å². The van der Waals surface area contributed by atoms with Gasteiger partial charge in [0.1, 0.15) is 0 Å². The topological polar surface area (TPSA) is 55.1 Å². The molecule has 0 radical (unpaired) electrons. The van der Waals surface area contributed by atoms with Gasteiger partial charge in [0.2, 0.25) is 5.91 Å². The second kappa shape index (κ2) is 8.08. The standard InChI is InChI=1S/C14H19Cl3N2O/c1-8(2)3-9(7-18)4-14(20)19-13-6-11(16)10(15)5-12(13)17/h5-6,8-9H,3-4,7,18H2,1-2H3,(H,19,20)/t9-/m0/s1. The zero-order valence-electron chi connectivity index (χ0n) is 11.6. The summed E-state index contributed by atoms with van der Waals surface area (Å²) in [6, 6.07) is 3.06. The number of hydrogen-bond donors (Lipinski definition) is 2. The summed E-state index contributed by atoms with van der Waals surface area (Å²) in [7, 11) is 0. The van der Waals surface area contributed by atoms with Gasteiger partial charge >= 0.3 is 0 Å². The molecule has 0 saturated heterocycles. The number of carbonyl (C=O) groups excluding carboxylic acids is 1. The molecule has 1 amide bonds. The van der Waals surface area contributed by atoms with Gasteiger partial charge in [0, 0.05) is 6.42 Å². The predicted octanol–water partition coefficient (Wildman–Crippen LogP) is 4.60. The minimum absolute atomic E-state index is 0.124. The van der Waals surface area contributed by atoms with E-state index >= 15 is 0 Å². The Morgan fingerprint density at radius 2 is 1.80 bits per heavy atom. The number of benzene rings is 1. The average molecular weight is 338 g/mol. The molecule has 0 heterocycles. The fourth-order valence-electron chi connectivity index (χ4n) is 2.01. The summed E-state index contributed by atoms with van der Waals surface area (Å²) < 4.78 is 0. The molecule has 3 nitrogen and oxygen atoms in total. The number of rotatable bonds is 6. The van der Waals surface area contributed by atoms with Crippen LogP contribution in [0.3, 0.4) is 0 Å². The van der Waals surface area contributed by atoms with E-state index in [9.17, 15) is 4.79 Å². The average Bonchev–Trinajstić information content (AvgIpc) is 2.34. The quantitative estimate of drug-likeness (QED) is 0.746. The third-order valence-electron chi connectivity index (χ3n) is 2.90.